The molecule has 0 saturated carbocycles. The number of benzene rings is 2. The summed E-state index contributed by atoms with van der Waals surface area (Å²) < 4.78 is 22.5. The van der Waals surface area contributed by atoms with Crippen molar-refractivity contribution in [2.24, 2.45) is 5.92 Å². The maximum atomic E-state index is 12.7. The lowest BCUT2D eigenvalue weighted by molar-refractivity contribution is -0.160. The minimum Gasteiger partial charge on any atom is -0.498 e. The molecule has 6 nitrogen and oxygen atoms in total. The van der Waals surface area contributed by atoms with E-state index in [-0.39, 0.29) is 5.78 Å². The number of hydrogen-bond donors (Lipinski definition) is 0. The van der Waals surface area contributed by atoms with Crippen LogP contribution in [-0.2, 0) is 24.7 Å². The molecule has 164 valence electrons. The normalized spacial score (nSPS) is 16.4. The fourth-order valence-electron chi connectivity index (χ4n) is 4.36. The van der Waals surface area contributed by atoms with Crippen molar-refractivity contribution in [1.82, 2.24) is 0 Å². The smallest absolute Gasteiger partial charge is 0.303 e. The summed E-state index contributed by atoms with van der Waals surface area (Å²) in [4.78, 5) is 25.1. The predicted molar refractivity (Wildman–Crippen MR) is 116 cm³/mol. The van der Waals surface area contributed by atoms with Gasteiger partial charge in [0.1, 0.15) is 17.3 Å². The largest absolute Gasteiger partial charge is 0.498 e. The van der Waals surface area contributed by atoms with Gasteiger partial charge in [-0.1, -0.05) is 24.3 Å². The summed E-state index contributed by atoms with van der Waals surface area (Å²) in [5.41, 5.74) is 0.787. The minimum absolute atomic E-state index is 0.110. The molecule has 1 aliphatic rings. The van der Waals surface area contributed by atoms with E-state index >= 15 is 0 Å². The molecule has 0 aromatic heterocycles. The molecule has 1 atom stereocenters. The highest BCUT2D eigenvalue weighted by molar-refractivity contribution is 5.95. The molecule has 0 spiro atoms. The number of esters is 1. The van der Waals surface area contributed by atoms with E-state index in [1.54, 1.807) is 21.1 Å². The first-order valence-electron chi connectivity index (χ1n) is 10.2. The molecule has 0 N–H and O–H groups in total. The average molecular weight is 424 g/mol. The summed E-state index contributed by atoms with van der Waals surface area (Å²) in [6, 6.07) is 14.8. The Hall–Kier alpha value is -3.28. The Kier molecular flexibility index (Phi) is 6.68. The highest BCUT2D eigenvalue weighted by Crippen LogP contribution is 2.48. The van der Waals surface area contributed by atoms with E-state index < -0.39 is 17.5 Å². The second-order valence-corrected chi connectivity index (χ2v) is 7.50. The third-order valence-electron chi connectivity index (χ3n) is 5.67. The molecule has 1 unspecified atom stereocenters. The van der Waals surface area contributed by atoms with Crippen molar-refractivity contribution in [3.8, 4) is 11.5 Å². The van der Waals surface area contributed by atoms with Crippen LogP contribution < -0.4 is 9.47 Å². The van der Waals surface area contributed by atoms with Gasteiger partial charge in [0, 0.05) is 29.5 Å². The Morgan fingerprint density at radius 3 is 1.77 bits per heavy atom. The van der Waals surface area contributed by atoms with E-state index in [1.807, 2.05) is 48.5 Å². The van der Waals surface area contributed by atoms with Crippen molar-refractivity contribution < 1.29 is 28.5 Å². The van der Waals surface area contributed by atoms with Crippen LogP contribution in [0.3, 0.4) is 0 Å². The van der Waals surface area contributed by atoms with Crippen LogP contribution in [0.15, 0.2) is 59.9 Å². The van der Waals surface area contributed by atoms with Crippen LogP contribution in [0.5, 0.6) is 11.5 Å². The Morgan fingerprint density at radius 1 is 0.903 bits per heavy atom. The molecule has 1 heterocycles. The van der Waals surface area contributed by atoms with Crippen LogP contribution in [0, 0.1) is 5.92 Å². The van der Waals surface area contributed by atoms with Gasteiger partial charge in [0.25, 0.3) is 0 Å². The zero-order valence-electron chi connectivity index (χ0n) is 18.6. The van der Waals surface area contributed by atoms with Gasteiger partial charge in [-0.15, -0.1) is 0 Å². The predicted octanol–water partition coefficient (Wildman–Crippen LogP) is 4.41. The summed E-state index contributed by atoms with van der Waals surface area (Å²) in [6.07, 6.45) is 0.511. The van der Waals surface area contributed by atoms with Crippen LogP contribution in [-0.4, -0.2) is 32.6 Å². The molecule has 31 heavy (non-hydrogen) atoms. The zero-order valence-corrected chi connectivity index (χ0v) is 18.6. The first-order chi connectivity index (χ1) is 14.8. The third kappa shape index (κ3) is 4.29. The number of hydrogen-bond acceptors (Lipinski definition) is 6. The fourth-order valence-corrected chi connectivity index (χ4v) is 4.36. The number of rotatable bonds is 7. The molecule has 1 aliphatic heterocycles. The van der Waals surface area contributed by atoms with Crippen molar-refractivity contribution in [3.63, 3.8) is 0 Å². The van der Waals surface area contributed by atoms with Crippen LogP contribution in [0.2, 0.25) is 0 Å². The number of ether oxygens (including phenoxy) is 4. The first kappa shape index (κ1) is 22.4. The van der Waals surface area contributed by atoms with E-state index in [2.05, 4.69) is 0 Å². The van der Waals surface area contributed by atoms with Gasteiger partial charge in [-0.3, -0.25) is 9.59 Å². The molecule has 0 radical (unpaired) electrons. The minimum atomic E-state index is -1.23. The van der Waals surface area contributed by atoms with Gasteiger partial charge < -0.3 is 18.9 Å². The SMILES string of the molecule is COc1ccc(C(OC(C)=O)(c2ccc(OC)cc2)C2CCOC(C)=C2C(C)=O)cc1. The number of allylic oxidation sites excluding steroid dienone is 1. The van der Waals surface area contributed by atoms with Gasteiger partial charge in [-0.2, -0.15) is 0 Å². The van der Waals surface area contributed by atoms with Gasteiger partial charge in [-0.25, -0.2) is 0 Å². The quantitative estimate of drug-likeness (QED) is 0.613. The van der Waals surface area contributed by atoms with Crippen LogP contribution in [0.1, 0.15) is 38.3 Å². The lowest BCUT2D eigenvalue weighted by atomic mass is 9.69. The Morgan fingerprint density at radius 2 is 1.39 bits per heavy atom. The van der Waals surface area contributed by atoms with E-state index in [1.165, 1.54) is 13.8 Å². The van der Waals surface area contributed by atoms with E-state index in [9.17, 15) is 9.59 Å². The Labute approximate surface area is 182 Å². The van der Waals surface area contributed by atoms with Crippen molar-refractivity contribution in [1.29, 1.82) is 0 Å². The van der Waals surface area contributed by atoms with Crippen molar-refractivity contribution >= 4 is 11.8 Å². The second-order valence-electron chi connectivity index (χ2n) is 7.50. The number of carbonyl (C=O) groups excluding carboxylic acids is 2. The zero-order chi connectivity index (χ0) is 22.6. The topological polar surface area (TPSA) is 71.1 Å². The average Bonchev–Trinajstić information content (AvgIpc) is 2.77. The molecular weight excluding hydrogens is 396 g/mol. The van der Waals surface area contributed by atoms with Crippen LogP contribution >= 0.6 is 0 Å². The van der Waals surface area contributed by atoms with Gasteiger partial charge in [-0.05, 0) is 44.5 Å². The molecule has 0 bridgehead atoms. The van der Waals surface area contributed by atoms with E-state index in [4.69, 9.17) is 18.9 Å². The second kappa shape index (κ2) is 9.25. The molecule has 0 aliphatic carbocycles. The van der Waals surface area contributed by atoms with Gasteiger partial charge >= 0.3 is 5.97 Å². The van der Waals surface area contributed by atoms with Crippen molar-refractivity contribution in [2.45, 2.75) is 32.8 Å². The molecule has 2 aromatic rings. The maximum absolute atomic E-state index is 12.7. The summed E-state index contributed by atoms with van der Waals surface area (Å²) >= 11 is 0. The number of Topliss-reactive ketones (excluding diaryl/α,β-unsaturated/α-hetero) is 1. The van der Waals surface area contributed by atoms with Crippen LogP contribution in [0.25, 0.3) is 0 Å². The highest BCUT2D eigenvalue weighted by atomic mass is 16.6. The third-order valence-corrected chi connectivity index (χ3v) is 5.67. The van der Waals surface area contributed by atoms with Crippen molar-refractivity contribution in [2.75, 3.05) is 20.8 Å². The lowest BCUT2D eigenvalue weighted by Crippen LogP contribution is -2.45. The molecule has 0 fully saturated rings. The monoisotopic (exact) mass is 424 g/mol. The summed E-state index contributed by atoms with van der Waals surface area (Å²) in [5, 5.41) is 0. The molecular formula is C25H28O6. The van der Waals surface area contributed by atoms with E-state index in [0.717, 1.165) is 11.1 Å². The Bertz CT molecular complexity index is 925. The van der Waals surface area contributed by atoms with Gasteiger partial charge in [0.15, 0.2) is 11.4 Å². The fraction of sp³-hybridized carbons (Fsp3) is 0.360. The molecule has 2 aromatic carbocycles. The van der Waals surface area contributed by atoms with Crippen molar-refractivity contribution in [3.05, 3.63) is 71.0 Å². The number of methoxy groups -OCH3 is 2. The van der Waals surface area contributed by atoms with Crippen LogP contribution in [0.4, 0.5) is 0 Å². The molecule has 0 saturated heterocycles. The highest BCUT2D eigenvalue weighted by Gasteiger charge is 2.49. The first-order valence-corrected chi connectivity index (χ1v) is 10.2. The standard InChI is InChI=1S/C25H28O6/c1-16(26)24-17(2)30-15-14-23(24)25(31-18(3)27,19-6-10-21(28-4)11-7-19)20-8-12-22(29-5)13-9-20/h6-13,23H,14-15H2,1-5H3. The van der Waals surface area contributed by atoms with E-state index in [0.29, 0.717) is 35.9 Å². The Balaban J connectivity index is 2.33. The molecule has 0 amide bonds. The van der Waals surface area contributed by atoms with Gasteiger partial charge in [0.05, 0.1) is 20.8 Å². The summed E-state index contributed by atoms with van der Waals surface area (Å²) in [5.74, 6) is 0.938. The summed E-state index contributed by atoms with van der Waals surface area (Å²) in [7, 11) is 3.19. The molecule has 3 rings (SSSR count). The lowest BCUT2D eigenvalue weighted by Gasteiger charge is -2.43. The summed E-state index contributed by atoms with van der Waals surface area (Å²) in [6.45, 7) is 5.10. The number of ketones is 1. The number of carbonyl (C=O) groups is 2. The van der Waals surface area contributed by atoms with Gasteiger partial charge in [0.2, 0.25) is 0 Å². The molecule has 6 heteroatoms. The maximum Gasteiger partial charge on any atom is 0.303 e.